The van der Waals surface area contributed by atoms with Gasteiger partial charge in [0.2, 0.25) is 0 Å². The standard InChI is InChI=1S/C19H32N2O3/c1-6-23-19-11-16(7-8-18(19)24-14(2)3)17(13-22)21-10-9-20(5)15(4)12-21/h7-8,11,14-15,17,22H,6,9-10,12-13H2,1-5H3. The first-order valence-corrected chi connectivity index (χ1v) is 8.94. The van der Waals surface area contributed by atoms with Crippen LogP contribution in [0, 0.1) is 0 Å². The average Bonchev–Trinajstić information content (AvgIpc) is 2.53. The predicted molar refractivity (Wildman–Crippen MR) is 96.9 cm³/mol. The quantitative estimate of drug-likeness (QED) is 0.829. The molecule has 1 fully saturated rings. The van der Waals surface area contributed by atoms with Crippen LogP contribution in [0.25, 0.3) is 0 Å². The summed E-state index contributed by atoms with van der Waals surface area (Å²) in [5, 5.41) is 9.99. The number of likely N-dealkylation sites (N-methyl/N-ethyl adjacent to an activating group) is 1. The monoisotopic (exact) mass is 336 g/mol. The summed E-state index contributed by atoms with van der Waals surface area (Å²) in [4.78, 5) is 4.72. The molecule has 5 nitrogen and oxygen atoms in total. The van der Waals surface area contributed by atoms with Crippen molar-refractivity contribution in [3.05, 3.63) is 23.8 Å². The molecule has 1 aromatic rings. The van der Waals surface area contributed by atoms with E-state index in [0.717, 1.165) is 36.7 Å². The lowest BCUT2D eigenvalue weighted by atomic mass is 10.0. The van der Waals surface area contributed by atoms with Crippen LogP contribution in [-0.4, -0.2) is 66.9 Å². The fraction of sp³-hybridized carbons (Fsp3) is 0.684. The van der Waals surface area contributed by atoms with Gasteiger partial charge in [-0.25, -0.2) is 0 Å². The molecule has 1 aromatic carbocycles. The van der Waals surface area contributed by atoms with Crippen LogP contribution in [0.15, 0.2) is 18.2 Å². The molecule has 1 saturated heterocycles. The first-order valence-electron chi connectivity index (χ1n) is 8.94. The van der Waals surface area contributed by atoms with Crippen molar-refractivity contribution in [2.45, 2.75) is 45.9 Å². The zero-order valence-corrected chi connectivity index (χ0v) is 15.7. The van der Waals surface area contributed by atoms with Gasteiger partial charge in [0, 0.05) is 25.7 Å². The fourth-order valence-corrected chi connectivity index (χ4v) is 3.14. The summed E-state index contributed by atoms with van der Waals surface area (Å²) >= 11 is 0. The summed E-state index contributed by atoms with van der Waals surface area (Å²) in [6.07, 6.45) is 0.0992. The molecule has 0 amide bonds. The van der Waals surface area contributed by atoms with Crippen LogP contribution < -0.4 is 9.47 Å². The minimum Gasteiger partial charge on any atom is -0.490 e. The number of benzene rings is 1. The van der Waals surface area contributed by atoms with Gasteiger partial charge in [0.1, 0.15) is 0 Å². The summed E-state index contributed by atoms with van der Waals surface area (Å²) in [6, 6.07) is 6.51. The van der Waals surface area contributed by atoms with Crippen molar-refractivity contribution in [1.82, 2.24) is 9.80 Å². The Hall–Kier alpha value is -1.30. The minimum absolute atomic E-state index is 0.00606. The Balaban J connectivity index is 2.23. The molecule has 1 aliphatic rings. The number of nitrogens with zero attached hydrogens (tertiary/aromatic N) is 2. The van der Waals surface area contributed by atoms with Gasteiger partial charge in [-0.2, -0.15) is 0 Å². The number of aliphatic hydroxyl groups excluding tert-OH is 1. The van der Waals surface area contributed by atoms with E-state index in [1.165, 1.54) is 0 Å². The molecule has 0 aromatic heterocycles. The van der Waals surface area contributed by atoms with Gasteiger partial charge in [-0.1, -0.05) is 6.07 Å². The van der Waals surface area contributed by atoms with E-state index in [4.69, 9.17) is 9.47 Å². The summed E-state index contributed by atoms with van der Waals surface area (Å²) < 4.78 is 11.6. The minimum atomic E-state index is -0.00606. The van der Waals surface area contributed by atoms with E-state index in [2.05, 4.69) is 23.8 Å². The molecule has 24 heavy (non-hydrogen) atoms. The second-order valence-electron chi connectivity index (χ2n) is 6.83. The van der Waals surface area contributed by atoms with Crippen LogP contribution in [0.4, 0.5) is 0 Å². The van der Waals surface area contributed by atoms with Crippen molar-refractivity contribution in [2.24, 2.45) is 0 Å². The van der Waals surface area contributed by atoms with E-state index in [0.29, 0.717) is 12.6 Å². The SMILES string of the molecule is CCOc1cc(C(CO)N2CCN(C)C(C)C2)ccc1OC(C)C. The molecule has 2 atom stereocenters. The second-order valence-corrected chi connectivity index (χ2v) is 6.83. The van der Waals surface area contributed by atoms with Crippen LogP contribution >= 0.6 is 0 Å². The summed E-state index contributed by atoms with van der Waals surface area (Å²) in [7, 11) is 2.15. The number of aliphatic hydroxyl groups is 1. The average molecular weight is 336 g/mol. The Morgan fingerprint density at radius 1 is 1.25 bits per heavy atom. The zero-order chi connectivity index (χ0) is 17.7. The van der Waals surface area contributed by atoms with E-state index >= 15 is 0 Å². The van der Waals surface area contributed by atoms with E-state index in [1.807, 2.05) is 39.0 Å². The van der Waals surface area contributed by atoms with E-state index < -0.39 is 0 Å². The Morgan fingerprint density at radius 2 is 2.00 bits per heavy atom. The van der Waals surface area contributed by atoms with Crippen LogP contribution in [-0.2, 0) is 0 Å². The maximum atomic E-state index is 9.99. The first-order chi connectivity index (χ1) is 11.5. The third-order valence-corrected chi connectivity index (χ3v) is 4.62. The number of rotatable bonds is 7. The molecule has 0 spiro atoms. The molecule has 2 unspecified atom stereocenters. The summed E-state index contributed by atoms with van der Waals surface area (Å²) in [5.41, 5.74) is 1.08. The number of ether oxygens (including phenoxy) is 2. The molecule has 1 heterocycles. The van der Waals surface area contributed by atoms with E-state index in [9.17, 15) is 5.11 Å². The molecule has 2 rings (SSSR count). The summed E-state index contributed by atoms with van der Waals surface area (Å²) in [6.45, 7) is 11.8. The molecule has 0 aliphatic carbocycles. The molecule has 136 valence electrons. The highest BCUT2D eigenvalue weighted by molar-refractivity contribution is 5.44. The molecule has 5 heteroatoms. The van der Waals surface area contributed by atoms with Gasteiger partial charge < -0.3 is 19.5 Å². The van der Waals surface area contributed by atoms with Gasteiger partial charge >= 0.3 is 0 Å². The molecule has 1 aliphatic heterocycles. The van der Waals surface area contributed by atoms with Crippen molar-refractivity contribution in [3.63, 3.8) is 0 Å². The molecular weight excluding hydrogens is 304 g/mol. The first kappa shape index (κ1) is 19.0. The van der Waals surface area contributed by atoms with E-state index in [1.54, 1.807) is 0 Å². The largest absolute Gasteiger partial charge is 0.490 e. The third-order valence-electron chi connectivity index (χ3n) is 4.62. The molecule has 1 N–H and O–H groups in total. The lowest BCUT2D eigenvalue weighted by Crippen LogP contribution is -2.51. The highest BCUT2D eigenvalue weighted by atomic mass is 16.5. The van der Waals surface area contributed by atoms with Crippen molar-refractivity contribution >= 4 is 0 Å². The number of hydrogen-bond acceptors (Lipinski definition) is 5. The predicted octanol–water partition coefficient (Wildman–Crippen LogP) is 2.54. The summed E-state index contributed by atoms with van der Waals surface area (Å²) in [5.74, 6) is 1.52. The van der Waals surface area contributed by atoms with Gasteiger partial charge in [0.05, 0.1) is 25.4 Å². The Bertz CT molecular complexity index is 521. The van der Waals surface area contributed by atoms with Crippen LogP contribution in [0.5, 0.6) is 11.5 Å². The highest BCUT2D eigenvalue weighted by Crippen LogP contribution is 2.33. The van der Waals surface area contributed by atoms with Crippen molar-refractivity contribution in [1.29, 1.82) is 0 Å². The normalized spacial score (nSPS) is 21.0. The Kier molecular flexibility index (Phi) is 6.90. The van der Waals surface area contributed by atoms with E-state index in [-0.39, 0.29) is 18.8 Å². The van der Waals surface area contributed by atoms with Crippen molar-refractivity contribution < 1.29 is 14.6 Å². The van der Waals surface area contributed by atoms with Crippen LogP contribution in [0.1, 0.15) is 39.3 Å². The molecular formula is C19H32N2O3. The molecule has 0 bridgehead atoms. The van der Waals surface area contributed by atoms with Gasteiger partial charge in [0.15, 0.2) is 11.5 Å². The van der Waals surface area contributed by atoms with Gasteiger partial charge in [-0.05, 0) is 52.4 Å². The maximum Gasteiger partial charge on any atom is 0.161 e. The lowest BCUT2D eigenvalue weighted by Gasteiger charge is -2.41. The smallest absolute Gasteiger partial charge is 0.161 e. The zero-order valence-electron chi connectivity index (χ0n) is 15.7. The molecule has 0 saturated carbocycles. The molecule has 0 radical (unpaired) electrons. The highest BCUT2D eigenvalue weighted by Gasteiger charge is 2.27. The van der Waals surface area contributed by atoms with Crippen LogP contribution in [0.3, 0.4) is 0 Å². The van der Waals surface area contributed by atoms with Crippen LogP contribution in [0.2, 0.25) is 0 Å². The lowest BCUT2D eigenvalue weighted by molar-refractivity contribution is 0.0462. The van der Waals surface area contributed by atoms with Crippen molar-refractivity contribution in [2.75, 3.05) is 39.9 Å². The van der Waals surface area contributed by atoms with Gasteiger partial charge in [-0.3, -0.25) is 4.90 Å². The van der Waals surface area contributed by atoms with Crippen molar-refractivity contribution in [3.8, 4) is 11.5 Å². The number of hydrogen-bond donors (Lipinski definition) is 1. The Labute approximate surface area is 146 Å². The topological polar surface area (TPSA) is 45.2 Å². The second kappa shape index (κ2) is 8.70. The Morgan fingerprint density at radius 3 is 2.58 bits per heavy atom. The van der Waals surface area contributed by atoms with Gasteiger partial charge in [0.25, 0.3) is 0 Å². The number of piperazine rings is 1. The maximum absolute atomic E-state index is 9.99. The van der Waals surface area contributed by atoms with Gasteiger partial charge in [-0.15, -0.1) is 0 Å². The third kappa shape index (κ3) is 4.62. The fourth-order valence-electron chi connectivity index (χ4n) is 3.14.